The fourth-order valence-electron chi connectivity index (χ4n) is 3.78. The Morgan fingerprint density at radius 3 is 2.18 bits per heavy atom. The second-order valence-electron chi connectivity index (χ2n) is 11.4. The van der Waals surface area contributed by atoms with E-state index in [0.717, 1.165) is 44.9 Å². The molecule has 0 bridgehead atoms. The van der Waals surface area contributed by atoms with E-state index in [2.05, 4.69) is 62.3 Å². The van der Waals surface area contributed by atoms with Crippen LogP contribution < -0.4 is 5.32 Å². The van der Waals surface area contributed by atoms with E-state index in [-0.39, 0.29) is 22.7 Å². The van der Waals surface area contributed by atoms with Crippen LogP contribution in [0.3, 0.4) is 0 Å². The molecule has 7 heteroatoms. The minimum atomic E-state index is -2.08. The van der Waals surface area contributed by atoms with Crippen LogP contribution in [-0.2, 0) is 9.22 Å². The normalized spacial score (nSPS) is 16.6. The first-order valence-corrected chi connectivity index (χ1v) is 16.4. The van der Waals surface area contributed by atoms with Crippen LogP contribution in [0.5, 0.6) is 0 Å². The molecule has 0 fully saturated rings. The second kappa shape index (κ2) is 15.0. The number of hydrogen-bond donors (Lipinski definition) is 2. The van der Waals surface area contributed by atoms with Crippen molar-refractivity contribution in [2.24, 2.45) is 10.2 Å². The number of carbonyl (C=O) groups excluding carboxylic acids is 1. The molecule has 0 saturated heterocycles. The van der Waals surface area contributed by atoms with Crippen LogP contribution in [0.15, 0.2) is 10.2 Å². The Bertz CT molecular complexity index is 661. The Labute approximate surface area is 210 Å². The quantitative estimate of drug-likeness (QED) is 0.119. The van der Waals surface area contributed by atoms with Gasteiger partial charge in [-0.1, -0.05) is 72.6 Å². The molecule has 2 unspecified atom stereocenters. The standard InChI is InChI=1S/C27H51N3O3Si/c1-8-10-12-14-17-23(31)18-15-13-16-19-24(33-34(6,7)26(3,4)5)25(32)28-22-21-27(29-30-27)20-11-9-2/h2,23-24,31H,8,10-22H2,1,3-7H3,(H,28,32). The smallest absolute Gasteiger partial charge is 0.247 e. The van der Waals surface area contributed by atoms with Crippen molar-refractivity contribution in [1.29, 1.82) is 0 Å². The summed E-state index contributed by atoms with van der Waals surface area (Å²) >= 11 is 0. The minimum absolute atomic E-state index is 0.0338. The summed E-state index contributed by atoms with van der Waals surface area (Å²) in [6, 6.07) is 0. The second-order valence-corrected chi connectivity index (χ2v) is 16.2. The van der Waals surface area contributed by atoms with Gasteiger partial charge in [-0.3, -0.25) is 4.79 Å². The number of unbranched alkanes of at least 4 members (excludes halogenated alkanes) is 5. The average molecular weight is 494 g/mol. The van der Waals surface area contributed by atoms with Gasteiger partial charge >= 0.3 is 0 Å². The monoisotopic (exact) mass is 493 g/mol. The molecule has 0 aromatic rings. The number of amides is 1. The van der Waals surface area contributed by atoms with Crippen LogP contribution >= 0.6 is 0 Å². The van der Waals surface area contributed by atoms with Crippen molar-refractivity contribution in [1.82, 2.24) is 5.32 Å². The number of aliphatic hydroxyl groups excluding tert-OH is 1. The molecule has 0 saturated carbocycles. The first-order chi connectivity index (χ1) is 16.0. The van der Waals surface area contributed by atoms with E-state index < -0.39 is 14.4 Å². The summed E-state index contributed by atoms with van der Waals surface area (Å²) in [7, 11) is -2.08. The Hall–Kier alpha value is -1.23. The van der Waals surface area contributed by atoms with Crippen LogP contribution in [0.1, 0.15) is 111 Å². The summed E-state index contributed by atoms with van der Waals surface area (Å²) in [6.45, 7) is 13.7. The van der Waals surface area contributed by atoms with Crippen molar-refractivity contribution >= 4 is 14.2 Å². The third kappa shape index (κ3) is 11.9. The third-order valence-corrected chi connectivity index (χ3v) is 11.8. The van der Waals surface area contributed by atoms with E-state index in [4.69, 9.17) is 10.8 Å². The molecular formula is C27H51N3O3Si. The first-order valence-electron chi connectivity index (χ1n) is 13.5. The number of terminal acetylenes is 1. The predicted octanol–water partition coefficient (Wildman–Crippen LogP) is 6.74. The predicted molar refractivity (Wildman–Crippen MR) is 143 cm³/mol. The molecule has 2 N–H and O–H groups in total. The number of rotatable bonds is 19. The third-order valence-electron chi connectivity index (χ3n) is 7.31. The summed E-state index contributed by atoms with van der Waals surface area (Å²) in [5.41, 5.74) is -0.382. The largest absolute Gasteiger partial charge is 0.405 e. The SMILES string of the molecule is C#CCCC1(CCNC(=O)C(CCCCCC(O)CCCCCC)O[Si](C)(C)C(C)(C)C)N=N1. The number of nitrogens with one attached hydrogen (secondary N) is 1. The summed E-state index contributed by atoms with van der Waals surface area (Å²) < 4.78 is 6.54. The van der Waals surface area contributed by atoms with Crippen molar-refractivity contribution in [2.75, 3.05) is 6.54 Å². The maximum Gasteiger partial charge on any atom is 0.247 e. The molecule has 1 heterocycles. The fraction of sp³-hybridized carbons (Fsp3) is 0.889. The topological polar surface area (TPSA) is 83.3 Å². The van der Waals surface area contributed by atoms with Gasteiger partial charge in [0.25, 0.3) is 0 Å². The summed E-state index contributed by atoms with van der Waals surface area (Å²) in [5, 5.41) is 21.6. The Kier molecular flexibility index (Phi) is 13.6. The molecule has 6 nitrogen and oxygen atoms in total. The van der Waals surface area contributed by atoms with Crippen LogP contribution in [-0.4, -0.2) is 43.7 Å². The van der Waals surface area contributed by atoms with E-state index in [1.807, 2.05) is 0 Å². The van der Waals surface area contributed by atoms with Gasteiger partial charge in [0.2, 0.25) is 5.91 Å². The molecule has 0 aromatic carbocycles. The van der Waals surface area contributed by atoms with Gasteiger partial charge in [-0.05, 0) is 37.4 Å². The van der Waals surface area contributed by atoms with E-state index >= 15 is 0 Å². The van der Waals surface area contributed by atoms with Gasteiger partial charge in [-0.15, -0.1) is 12.3 Å². The Morgan fingerprint density at radius 2 is 1.65 bits per heavy atom. The molecule has 1 aliphatic heterocycles. The van der Waals surface area contributed by atoms with Crippen LogP contribution in [0, 0.1) is 12.3 Å². The summed E-state index contributed by atoms with van der Waals surface area (Å²) in [4.78, 5) is 13.1. The molecular weight excluding hydrogens is 442 g/mol. The zero-order valence-electron chi connectivity index (χ0n) is 22.8. The maximum absolute atomic E-state index is 13.1. The molecule has 1 rings (SSSR count). The van der Waals surface area contributed by atoms with Crippen molar-refractivity contribution in [3.63, 3.8) is 0 Å². The van der Waals surface area contributed by atoms with Gasteiger partial charge in [-0.25, -0.2) is 0 Å². The highest BCUT2D eigenvalue weighted by Gasteiger charge is 2.41. The summed E-state index contributed by atoms with van der Waals surface area (Å²) in [5.74, 6) is 2.60. The Balaban J connectivity index is 2.48. The molecule has 0 aliphatic carbocycles. The average Bonchev–Trinajstić information content (AvgIpc) is 3.53. The highest BCUT2D eigenvalue weighted by molar-refractivity contribution is 6.74. The lowest BCUT2D eigenvalue weighted by Gasteiger charge is -2.39. The Morgan fingerprint density at radius 1 is 1.06 bits per heavy atom. The first kappa shape index (κ1) is 30.8. The fourth-order valence-corrected chi connectivity index (χ4v) is 5.07. The van der Waals surface area contributed by atoms with Gasteiger partial charge in [-0.2, -0.15) is 10.2 Å². The number of aliphatic hydroxyl groups is 1. The minimum Gasteiger partial charge on any atom is -0.405 e. The van der Waals surface area contributed by atoms with Gasteiger partial charge in [0.1, 0.15) is 6.10 Å². The molecule has 1 amide bonds. The van der Waals surface area contributed by atoms with Crippen LogP contribution in [0.25, 0.3) is 0 Å². The van der Waals surface area contributed by atoms with E-state index in [1.165, 1.54) is 19.3 Å². The van der Waals surface area contributed by atoms with Gasteiger partial charge in [0, 0.05) is 25.8 Å². The molecule has 196 valence electrons. The maximum atomic E-state index is 13.1. The molecule has 0 spiro atoms. The van der Waals surface area contributed by atoms with Gasteiger partial charge < -0.3 is 14.8 Å². The van der Waals surface area contributed by atoms with Gasteiger partial charge in [0.15, 0.2) is 14.0 Å². The van der Waals surface area contributed by atoms with Crippen LogP contribution in [0.4, 0.5) is 0 Å². The molecule has 2 atom stereocenters. The van der Waals surface area contributed by atoms with Crippen molar-refractivity contribution in [2.45, 2.75) is 147 Å². The highest BCUT2D eigenvalue weighted by atomic mass is 28.4. The molecule has 0 aromatic heterocycles. The van der Waals surface area contributed by atoms with Crippen molar-refractivity contribution in [3.05, 3.63) is 0 Å². The van der Waals surface area contributed by atoms with E-state index in [9.17, 15) is 9.90 Å². The van der Waals surface area contributed by atoms with E-state index in [0.29, 0.717) is 25.8 Å². The van der Waals surface area contributed by atoms with Crippen molar-refractivity contribution in [3.8, 4) is 12.3 Å². The van der Waals surface area contributed by atoms with Crippen LogP contribution in [0.2, 0.25) is 18.1 Å². The zero-order valence-corrected chi connectivity index (χ0v) is 23.8. The highest BCUT2D eigenvalue weighted by Crippen LogP contribution is 2.38. The number of hydrogen-bond acceptors (Lipinski definition) is 5. The summed E-state index contributed by atoms with van der Waals surface area (Å²) in [6.07, 6.45) is 17.0. The zero-order chi connectivity index (χ0) is 25.7. The van der Waals surface area contributed by atoms with Gasteiger partial charge in [0.05, 0.1) is 6.10 Å². The van der Waals surface area contributed by atoms with E-state index in [1.54, 1.807) is 0 Å². The lowest BCUT2D eigenvalue weighted by molar-refractivity contribution is -0.128. The number of carbonyl (C=O) groups is 1. The molecule has 34 heavy (non-hydrogen) atoms. The molecule has 1 aliphatic rings. The molecule has 0 radical (unpaired) electrons. The number of nitrogens with zero attached hydrogens (tertiary/aromatic N) is 2. The lowest BCUT2D eigenvalue weighted by atomic mass is 10.0. The lowest BCUT2D eigenvalue weighted by Crippen LogP contribution is -2.49. The van der Waals surface area contributed by atoms with Crippen molar-refractivity contribution < 1.29 is 14.3 Å².